The summed E-state index contributed by atoms with van der Waals surface area (Å²) < 4.78 is 1.24. The summed E-state index contributed by atoms with van der Waals surface area (Å²) in [6.45, 7) is 6.44. The van der Waals surface area contributed by atoms with Crippen LogP contribution in [0.5, 0.6) is 0 Å². The molecule has 0 bridgehead atoms. The molecule has 0 N–H and O–H groups in total. The van der Waals surface area contributed by atoms with Crippen molar-refractivity contribution in [1.29, 1.82) is 0 Å². The Morgan fingerprint density at radius 1 is 1.15 bits per heavy atom. The van der Waals surface area contributed by atoms with E-state index in [1.54, 1.807) is 0 Å². The van der Waals surface area contributed by atoms with E-state index in [1.165, 1.54) is 10.1 Å². The summed E-state index contributed by atoms with van der Waals surface area (Å²) >= 11 is 3.14. The minimum absolute atomic E-state index is 1.05. The van der Waals surface area contributed by atoms with Crippen LogP contribution in [-0.2, 0) is 0 Å². The van der Waals surface area contributed by atoms with Gasteiger partial charge in [-0.15, -0.1) is 0 Å². The fourth-order valence-electron chi connectivity index (χ4n) is 1.27. The van der Waals surface area contributed by atoms with E-state index in [9.17, 15) is 0 Å². The van der Waals surface area contributed by atoms with Gasteiger partial charge in [0.2, 0.25) is 0 Å². The Morgan fingerprint density at radius 2 is 1.69 bits per heavy atom. The molecule has 1 rings (SSSR count). The number of hydrogen-bond donors (Lipinski definition) is 0. The number of benzene rings is 1. The summed E-state index contributed by atoms with van der Waals surface area (Å²) in [5.41, 5.74) is 1.27. The molecule has 0 aliphatic carbocycles. The fraction of sp³-hybridized carbons (Fsp3) is 0.364. The molecule has 0 fully saturated rings. The third-order valence-electron chi connectivity index (χ3n) is 2.07. The van der Waals surface area contributed by atoms with Crippen molar-refractivity contribution in [1.82, 2.24) is 4.90 Å². The molecule has 1 nitrogen and oxygen atoms in total. The van der Waals surface area contributed by atoms with E-state index in [0.29, 0.717) is 0 Å². The Hall–Kier alpha value is -0.591. The fourth-order valence-corrected chi connectivity index (χ4v) is 2.10. The molecule has 0 saturated heterocycles. The van der Waals surface area contributed by atoms with Crippen molar-refractivity contribution in [3.63, 3.8) is 0 Å². The molecule has 13 heavy (non-hydrogen) atoms. The first-order valence-electron chi connectivity index (χ1n) is 4.64. The summed E-state index contributed by atoms with van der Waals surface area (Å²) in [5, 5.41) is 0. The molecule has 0 spiro atoms. The average molecular weight is 240 g/mol. The molecular formula is C11H15NSe. The standard InChI is InChI=1S/C11H15NSe/c1-3-12(4-2)11(13)10-8-6-5-7-9-10/h5-9H,3-4H2,1-2H3. The van der Waals surface area contributed by atoms with Crippen LogP contribution < -0.4 is 0 Å². The monoisotopic (exact) mass is 241 g/mol. The molecule has 0 amide bonds. The first kappa shape index (κ1) is 10.5. The maximum atomic E-state index is 3.14. The summed E-state index contributed by atoms with van der Waals surface area (Å²) in [7, 11) is 0. The molecule has 0 aliphatic heterocycles. The van der Waals surface area contributed by atoms with Gasteiger partial charge in [-0.3, -0.25) is 0 Å². The molecular weight excluding hydrogens is 225 g/mol. The van der Waals surface area contributed by atoms with Crippen molar-refractivity contribution in [3.05, 3.63) is 35.9 Å². The van der Waals surface area contributed by atoms with Crippen LogP contribution in [0.2, 0.25) is 0 Å². The van der Waals surface area contributed by atoms with Gasteiger partial charge in [-0.1, -0.05) is 0 Å². The van der Waals surface area contributed by atoms with E-state index in [1.807, 2.05) is 6.07 Å². The zero-order valence-corrected chi connectivity index (χ0v) is 9.87. The first-order valence-corrected chi connectivity index (χ1v) is 5.49. The molecule has 1 aromatic rings. The molecule has 0 saturated carbocycles. The molecule has 0 aliphatic rings. The summed E-state index contributed by atoms with van der Waals surface area (Å²) in [6, 6.07) is 10.4. The molecule has 1 aromatic carbocycles. The normalized spacial score (nSPS) is 9.69. The van der Waals surface area contributed by atoms with Crippen LogP contribution in [0.3, 0.4) is 0 Å². The van der Waals surface area contributed by atoms with Crippen LogP contribution in [0.4, 0.5) is 0 Å². The predicted octanol–water partition coefficient (Wildman–Crippen LogP) is 1.67. The molecule has 0 heterocycles. The quantitative estimate of drug-likeness (QED) is 0.724. The van der Waals surface area contributed by atoms with Gasteiger partial charge in [0, 0.05) is 0 Å². The Labute approximate surface area is 88.1 Å². The van der Waals surface area contributed by atoms with Gasteiger partial charge in [0.25, 0.3) is 0 Å². The minimum atomic E-state index is 1.05. The maximum absolute atomic E-state index is 3.14. The Balaban J connectivity index is 2.78. The van der Waals surface area contributed by atoms with Gasteiger partial charge in [-0.25, -0.2) is 0 Å². The molecule has 0 atom stereocenters. The van der Waals surface area contributed by atoms with E-state index >= 15 is 0 Å². The third kappa shape index (κ3) is 2.68. The van der Waals surface area contributed by atoms with Crippen molar-refractivity contribution in [3.8, 4) is 0 Å². The van der Waals surface area contributed by atoms with Crippen LogP contribution in [0.25, 0.3) is 0 Å². The molecule has 0 unspecified atom stereocenters. The van der Waals surface area contributed by atoms with Crippen molar-refractivity contribution in [2.45, 2.75) is 13.8 Å². The zero-order valence-electron chi connectivity index (χ0n) is 8.16. The van der Waals surface area contributed by atoms with Crippen LogP contribution in [0, 0.1) is 0 Å². The third-order valence-corrected chi connectivity index (χ3v) is 3.11. The van der Waals surface area contributed by atoms with Crippen LogP contribution in [-0.4, -0.2) is 38.1 Å². The second kappa shape index (κ2) is 5.21. The van der Waals surface area contributed by atoms with Gasteiger partial charge < -0.3 is 0 Å². The summed E-state index contributed by atoms with van der Waals surface area (Å²) in [5.74, 6) is 0. The number of rotatable bonds is 4. The second-order valence-corrected chi connectivity index (χ2v) is 3.65. The van der Waals surface area contributed by atoms with Gasteiger partial charge in [0.1, 0.15) is 0 Å². The van der Waals surface area contributed by atoms with E-state index in [0.717, 1.165) is 13.1 Å². The van der Waals surface area contributed by atoms with Gasteiger partial charge >= 0.3 is 87.8 Å². The topological polar surface area (TPSA) is 3.24 Å². The van der Waals surface area contributed by atoms with Gasteiger partial charge in [-0.2, -0.15) is 0 Å². The van der Waals surface area contributed by atoms with Crippen molar-refractivity contribution < 1.29 is 0 Å². The Bertz CT molecular complexity index is 265. The van der Waals surface area contributed by atoms with Crippen molar-refractivity contribution in [2.75, 3.05) is 13.1 Å². The summed E-state index contributed by atoms with van der Waals surface area (Å²) in [4.78, 5) is 2.31. The van der Waals surface area contributed by atoms with Crippen LogP contribution in [0.1, 0.15) is 19.4 Å². The van der Waals surface area contributed by atoms with E-state index in [-0.39, 0.29) is 0 Å². The van der Waals surface area contributed by atoms with Crippen LogP contribution in [0.15, 0.2) is 30.3 Å². The van der Waals surface area contributed by atoms with Crippen molar-refractivity contribution in [2.24, 2.45) is 0 Å². The van der Waals surface area contributed by atoms with E-state index in [2.05, 4.69) is 58.6 Å². The Kier molecular flexibility index (Phi) is 4.20. The molecule has 70 valence electrons. The zero-order chi connectivity index (χ0) is 9.68. The summed E-state index contributed by atoms with van der Waals surface area (Å²) in [6.07, 6.45) is 0. The SMILES string of the molecule is CCN(CC)C(=[Se])c1ccccc1. The van der Waals surface area contributed by atoms with Gasteiger partial charge in [0.05, 0.1) is 0 Å². The number of hydrogen-bond acceptors (Lipinski definition) is 1. The molecule has 0 aromatic heterocycles. The predicted molar refractivity (Wildman–Crippen MR) is 59.2 cm³/mol. The van der Waals surface area contributed by atoms with Gasteiger partial charge in [-0.05, 0) is 0 Å². The Morgan fingerprint density at radius 3 is 2.15 bits per heavy atom. The molecule has 2 heteroatoms. The van der Waals surface area contributed by atoms with Gasteiger partial charge in [0.15, 0.2) is 0 Å². The average Bonchev–Trinajstić information content (AvgIpc) is 2.21. The van der Waals surface area contributed by atoms with E-state index < -0.39 is 0 Å². The second-order valence-electron chi connectivity index (χ2n) is 2.84. The van der Waals surface area contributed by atoms with Crippen molar-refractivity contribution >= 4 is 20.1 Å². The van der Waals surface area contributed by atoms with Crippen LogP contribution >= 0.6 is 0 Å². The van der Waals surface area contributed by atoms with E-state index in [4.69, 9.17) is 0 Å². The number of nitrogens with zero attached hydrogens (tertiary/aromatic N) is 1. The molecule has 0 radical (unpaired) electrons. The first-order chi connectivity index (χ1) is 6.29.